The number of nitrogens with zero attached hydrogens (tertiary/aromatic N) is 3. The van der Waals surface area contributed by atoms with Crippen molar-refractivity contribution in [2.75, 3.05) is 27.2 Å². The lowest BCUT2D eigenvalue weighted by atomic mass is 9.77. The number of aliphatic hydroxyl groups is 1. The van der Waals surface area contributed by atoms with E-state index in [4.69, 9.17) is 4.74 Å². The second-order valence-corrected chi connectivity index (χ2v) is 7.54. The summed E-state index contributed by atoms with van der Waals surface area (Å²) in [6.45, 7) is 1.53. The number of hydrogen-bond donors (Lipinski definition) is 1. The molecule has 2 amide bonds. The van der Waals surface area contributed by atoms with Crippen LogP contribution in [0, 0.1) is 0 Å². The summed E-state index contributed by atoms with van der Waals surface area (Å²) < 4.78 is 5.53. The van der Waals surface area contributed by atoms with Crippen LogP contribution in [-0.2, 0) is 33.9 Å². The quantitative estimate of drug-likeness (QED) is 0.813. The lowest BCUT2D eigenvalue weighted by Gasteiger charge is -2.38. The Morgan fingerprint density at radius 2 is 2.12 bits per heavy atom. The topological polar surface area (TPSA) is 83.0 Å². The van der Waals surface area contributed by atoms with Crippen molar-refractivity contribution < 1.29 is 19.4 Å². The summed E-state index contributed by atoms with van der Waals surface area (Å²) >= 11 is 0. The lowest BCUT2D eigenvalue weighted by Crippen LogP contribution is -2.45. The van der Waals surface area contributed by atoms with E-state index in [1.807, 2.05) is 0 Å². The van der Waals surface area contributed by atoms with Crippen molar-refractivity contribution in [1.82, 2.24) is 14.8 Å². The third-order valence-electron chi connectivity index (χ3n) is 5.33. The van der Waals surface area contributed by atoms with E-state index in [0.29, 0.717) is 19.7 Å². The van der Waals surface area contributed by atoms with Crippen LogP contribution in [0.3, 0.4) is 0 Å². The molecule has 0 atom stereocenters. The van der Waals surface area contributed by atoms with E-state index in [-0.39, 0.29) is 24.8 Å². The van der Waals surface area contributed by atoms with Crippen molar-refractivity contribution in [2.45, 2.75) is 50.9 Å². The van der Waals surface area contributed by atoms with Crippen molar-refractivity contribution in [3.63, 3.8) is 0 Å². The van der Waals surface area contributed by atoms with Crippen LogP contribution in [0.2, 0.25) is 0 Å². The Bertz CT molecular complexity index is 685. The summed E-state index contributed by atoms with van der Waals surface area (Å²) in [6.07, 6.45) is 6.95. The molecule has 1 N–H and O–H groups in total. The van der Waals surface area contributed by atoms with Gasteiger partial charge in [0.15, 0.2) is 0 Å². The SMILES string of the molecule is CN(C)C(=O)COCc1cncc2c1CCN(C(=O)CC1(O)CCC1)C2. The maximum atomic E-state index is 12.5. The monoisotopic (exact) mass is 361 g/mol. The van der Waals surface area contributed by atoms with Crippen LogP contribution in [0.25, 0.3) is 0 Å². The van der Waals surface area contributed by atoms with Gasteiger partial charge in [-0.1, -0.05) is 0 Å². The summed E-state index contributed by atoms with van der Waals surface area (Å²) in [4.78, 5) is 31.7. The second kappa shape index (κ2) is 7.72. The smallest absolute Gasteiger partial charge is 0.248 e. The molecule has 7 nitrogen and oxygen atoms in total. The molecule has 142 valence electrons. The minimum Gasteiger partial charge on any atom is -0.389 e. The molecule has 0 aromatic carbocycles. The molecule has 1 fully saturated rings. The van der Waals surface area contributed by atoms with Crippen LogP contribution in [0.15, 0.2) is 12.4 Å². The van der Waals surface area contributed by atoms with Gasteiger partial charge in [0.05, 0.1) is 18.6 Å². The van der Waals surface area contributed by atoms with E-state index in [2.05, 4.69) is 4.98 Å². The van der Waals surface area contributed by atoms with Crippen molar-refractivity contribution in [3.8, 4) is 0 Å². The van der Waals surface area contributed by atoms with Crippen molar-refractivity contribution in [2.24, 2.45) is 0 Å². The first kappa shape index (κ1) is 18.8. The highest BCUT2D eigenvalue weighted by Gasteiger charge is 2.38. The van der Waals surface area contributed by atoms with E-state index < -0.39 is 5.60 Å². The Hall–Kier alpha value is -1.99. The summed E-state index contributed by atoms with van der Waals surface area (Å²) in [5.74, 6) is -0.0652. The van der Waals surface area contributed by atoms with Crippen molar-refractivity contribution in [3.05, 3.63) is 29.1 Å². The molecule has 0 radical (unpaired) electrons. The molecule has 2 heterocycles. The standard InChI is InChI=1S/C19H27N3O4/c1-21(2)18(24)13-26-12-15-10-20-9-14-11-22(7-4-16(14)15)17(23)8-19(25)5-3-6-19/h9-10,25H,3-8,11-13H2,1-2H3. The molecule has 0 spiro atoms. The lowest BCUT2D eigenvalue weighted by molar-refractivity contribution is -0.141. The third kappa shape index (κ3) is 4.22. The molecule has 7 heteroatoms. The van der Waals surface area contributed by atoms with Crippen LogP contribution < -0.4 is 0 Å². The van der Waals surface area contributed by atoms with Crippen LogP contribution in [0.1, 0.15) is 42.4 Å². The van der Waals surface area contributed by atoms with Crippen LogP contribution in [-0.4, -0.2) is 64.6 Å². The number of likely N-dealkylation sites (N-methyl/N-ethyl adjacent to an activating group) is 1. The maximum absolute atomic E-state index is 12.5. The Labute approximate surface area is 153 Å². The molecule has 1 saturated carbocycles. The maximum Gasteiger partial charge on any atom is 0.248 e. The van der Waals surface area contributed by atoms with Gasteiger partial charge < -0.3 is 19.6 Å². The molecule has 1 aliphatic carbocycles. The predicted molar refractivity (Wildman–Crippen MR) is 95.1 cm³/mol. The zero-order valence-electron chi connectivity index (χ0n) is 15.5. The number of fused-ring (bicyclic) bond motifs is 1. The number of rotatable bonds is 6. The van der Waals surface area contributed by atoms with Gasteiger partial charge >= 0.3 is 0 Å². The second-order valence-electron chi connectivity index (χ2n) is 7.54. The minimum absolute atomic E-state index is 0.0103. The van der Waals surface area contributed by atoms with Crippen molar-refractivity contribution in [1.29, 1.82) is 0 Å². The zero-order chi connectivity index (χ0) is 18.7. The average Bonchev–Trinajstić information content (AvgIpc) is 2.59. The van der Waals surface area contributed by atoms with Gasteiger partial charge in [-0.3, -0.25) is 14.6 Å². The summed E-state index contributed by atoms with van der Waals surface area (Å²) in [5.41, 5.74) is 2.36. The van der Waals surface area contributed by atoms with Gasteiger partial charge in [-0.15, -0.1) is 0 Å². The number of ether oxygens (including phenoxy) is 1. The van der Waals surface area contributed by atoms with Gasteiger partial charge in [0.25, 0.3) is 0 Å². The van der Waals surface area contributed by atoms with E-state index in [1.165, 1.54) is 4.90 Å². The van der Waals surface area contributed by atoms with E-state index in [0.717, 1.165) is 42.4 Å². The first-order valence-electron chi connectivity index (χ1n) is 9.11. The summed E-state index contributed by atoms with van der Waals surface area (Å²) in [7, 11) is 3.40. The van der Waals surface area contributed by atoms with Gasteiger partial charge in [-0.25, -0.2) is 0 Å². The Balaban J connectivity index is 1.59. The van der Waals surface area contributed by atoms with Gasteiger partial charge in [-0.2, -0.15) is 0 Å². The molecular weight excluding hydrogens is 334 g/mol. The normalized spacial score (nSPS) is 18.0. The fraction of sp³-hybridized carbons (Fsp3) is 0.632. The Morgan fingerprint density at radius 3 is 2.77 bits per heavy atom. The molecule has 2 aliphatic rings. The number of carbonyl (C=O) groups excluding carboxylic acids is 2. The highest BCUT2D eigenvalue weighted by atomic mass is 16.5. The summed E-state index contributed by atoms with van der Waals surface area (Å²) in [6, 6.07) is 0. The summed E-state index contributed by atoms with van der Waals surface area (Å²) in [5, 5.41) is 10.2. The van der Waals surface area contributed by atoms with Crippen LogP contribution >= 0.6 is 0 Å². The van der Waals surface area contributed by atoms with E-state index in [9.17, 15) is 14.7 Å². The zero-order valence-corrected chi connectivity index (χ0v) is 15.5. The number of amides is 2. The molecule has 26 heavy (non-hydrogen) atoms. The van der Waals surface area contributed by atoms with E-state index >= 15 is 0 Å². The van der Waals surface area contributed by atoms with E-state index in [1.54, 1.807) is 31.4 Å². The molecule has 3 rings (SSSR count). The van der Waals surface area contributed by atoms with Gasteiger partial charge in [0, 0.05) is 39.6 Å². The number of hydrogen-bond acceptors (Lipinski definition) is 5. The fourth-order valence-electron chi connectivity index (χ4n) is 3.44. The number of pyridine rings is 1. The minimum atomic E-state index is -0.787. The number of carbonyl (C=O) groups is 2. The Kier molecular flexibility index (Phi) is 5.58. The molecule has 1 aliphatic heterocycles. The van der Waals surface area contributed by atoms with Crippen LogP contribution in [0.5, 0.6) is 0 Å². The molecule has 0 bridgehead atoms. The molecule has 0 unspecified atom stereocenters. The Morgan fingerprint density at radius 1 is 1.35 bits per heavy atom. The van der Waals surface area contributed by atoms with Gasteiger partial charge in [-0.05, 0) is 42.4 Å². The highest BCUT2D eigenvalue weighted by molar-refractivity contribution is 5.78. The third-order valence-corrected chi connectivity index (χ3v) is 5.33. The average molecular weight is 361 g/mol. The predicted octanol–water partition coefficient (Wildman–Crippen LogP) is 0.876. The number of aromatic nitrogens is 1. The first-order valence-corrected chi connectivity index (χ1v) is 9.11. The highest BCUT2D eigenvalue weighted by Crippen LogP contribution is 2.35. The largest absolute Gasteiger partial charge is 0.389 e. The van der Waals surface area contributed by atoms with Crippen LogP contribution in [0.4, 0.5) is 0 Å². The first-order chi connectivity index (χ1) is 12.4. The fourth-order valence-corrected chi connectivity index (χ4v) is 3.44. The van der Waals surface area contributed by atoms with Crippen molar-refractivity contribution >= 4 is 11.8 Å². The molecule has 1 aromatic rings. The molecular formula is C19H27N3O4. The molecule has 1 aromatic heterocycles. The van der Waals surface area contributed by atoms with Gasteiger partial charge in [0.2, 0.25) is 11.8 Å². The van der Waals surface area contributed by atoms with Gasteiger partial charge in [0.1, 0.15) is 6.61 Å². The molecule has 0 saturated heterocycles.